The van der Waals surface area contributed by atoms with Crippen LogP contribution in [-0.2, 0) is 9.53 Å². The third-order valence-electron chi connectivity index (χ3n) is 3.04. The minimum Gasteiger partial charge on any atom is -0.469 e. The maximum Gasteiger partial charge on any atom is 0.310 e. The molecule has 0 amide bonds. The number of nitrogens with one attached hydrogen (secondary N) is 1. The number of hydrogen-bond donors (Lipinski definition) is 1. The lowest BCUT2D eigenvalue weighted by Crippen LogP contribution is -2.25. The van der Waals surface area contributed by atoms with Crippen molar-refractivity contribution >= 4 is 29.2 Å². The highest BCUT2D eigenvalue weighted by atomic mass is 35.5. The lowest BCUT2D eigenvalue weighted by Gasteiger charge is -2.20. The van der Waals surface area contributed by atoms with Crippen molar-refractivity contribution in [2.45, 2.75) is 12.5 Å². The number of benzene rings is 1. The number of rotatable bonds is 2. The zero-order valence-electron chi connectivity index (χ0n) is 9.37. The van der Waals surface area contributed by atoms with Crippen LogP contribution in [-0.4, -0.2) is 19.6 Å². The van der Waals surface area contributed by atoms with E-state index >= 15 is 0 Å². The molecule has 0 spiro atoms. The van der Waals surface area contributed by atoms with E-state index < -0.39 is 0 Å². The van der Waals surface area contributed by atoms with Gasteiger partial charge in [-0.15, -0.1) is 0 Å². The van der Waals surface area contributed by atoms with Gasteiger partial charge in [0.25, 0.3) is 0 Å². The van der Waals surface area contributed by atoms with Crippen molar-refractivity contribution in [3.63, 3.8) is 0 Å². The van der Waals surface area contributed by atoms with Gasteiger partial charge in [0.05, 0.1) is 13.0 Å². The minimum absolute atomic E-state index is 0.163. The lowest BCUT2D eigenvalue weighted by atomic mass is 9.94. The molecule has 1 aliphatic rings. The second-order valence-electron chi connectivity index (χ2n) is 3.99. The Morgan fingerprint density at radius 2 is 2.06 bits per heavy atom. The van der Waals surface area contributed by atoms with Crippen molar-refractivity contribution in [3.8, 4) is 0 Å². The Balaban J connectivity index is 2.36. The van der Waals surface area contributed by atoms with Gasteiger partial charge in [-0.1, -0.05) is 29.3 Å². The highest BCUT2D eigenvalue weighted by molar-refractivity contribution is 6.36. The third-order valence-corrected chi connectivity index (χ3v) is 3.70. The summed E-state index contributed by atoms with van der Waals surface area (Å²) in [5, 5.41) is 4.40. The first kappa shape index (κ1) is 12.7. The molecule has 1 fully saturated rings. The fraction of sp³-hybridized carbons (Fsp3) is 0.417. The van der Waals surface area contributed by atoms with Crippen LogP contribution in [0.5, 0.6) is 0 Å². The molecule has 1 heterocycles. The Labute approximate surface area is 110 Å². The maximum absolute atomic E-state index is 11.7. The molecule has 0 bridgehead atoms. The number of methoxy groups -OCH3 is 1. The van der Waals surface area contributed by atoms with Gasteiger partial charge in [-0.2, -0.15) is 0 Å². The number of carbonyl (C=O) groups is 1. The average molecular weight is 274 g/mol. The van der Waals surface area contributed by atoms with Crippen molar-refractivity contribution in [2.24, 2.45) is 5.92 Å². The van der Waals surface area contributed by atoms with E-state index in [-0.39, 0.29) is 17.9 Å². The molecule has 17 heavy (non-hydrogen) atoms. The van der Waals surface area contributed by atoms with Crippen LogP contribution in [0, 0.1) is 5.92 Å². The molecular formula is C12H13Cl2NO2. The zero-order valence-corrected chi connectivity index (χ0v) is 10.9. The Morgan fingerprint density at radius 3 is 2.65 bits per heavy atom. The molecule has 1 aromatic rings. The monoisotopic (exact) mass is 273 g/mol. The van der Waals surface area contributed by atoms with Crippen LogP contribution in [0.3, 0.4) is 0 Å². The number of esters is 1. The summed E-state index contributed by atoms with van der Waals surface area (Å²) in [6.07, 6.45) is 0.735. The quantitative estimate of drug-likeness (QED) is 0.843. The van der Waals surface area contributed by atoms with Crippen LogP contribution in [0.25, 0.3) is 0 Å². The molecule has 5 heteroatoms. The molecule has 0 saturated carbocycles. The van der Waals surface area contributed by atoms with E-state index in [1.807, 2.05) is 0 Å². The van der Waals surface area contributed by atoms with Crippen molar-refractivity contribution < 1.29 is 9.53 Å². The molecule has 1 saturated heterocycles. The van der Waals surface area contributed by atoms with Gasteiger partial charge in [0, 0.05) is 21.7 Å². The molecule has 0 aliphatic carbocycles. The van der Waals surface area contributed by atoms with E-state index in [4.69, 9.17) is 27.9 Å². The van der Waals surface area contributed by atoms with Crippen LogP contribution in [0.15, 0.2) is 18.2 Å². The van der Waals surface area contributed by atoms with Crippen molar-refractivity contribution in [3.05, 3.63) is 33.8 Å². The predicted octanol–water partition coefficient (Wildman–Crippen LogP) is 2.82. The molecule has 92 valence electrons. The molecule has 0 unspecified atom stereocenters. The summed E-state index contributed by atoms with van der Waals surface area (Å²) in [6, 6.07) is 5.17. The molecule has 2 atom stereocenters. The van der Waals surface area contributed by atoms with Gasteiger partial charge in [0.15, 0.2) is 0 Å². The van der Waals surface area contributed by atoms with E-state index in [9.17, 15) is 4.79 Å². The fourth-order valence-corrected chi connectivity index (χ4v) is 2.85. The summed E-state index contributed by atoms with van der Waals surface area (Å²) in [4.78, 5) is 11.7. The number of carbonyl (C=O) groups excluding carboxylic acids is 1. The highest BCUT2D eigenvalue weighted by Gasteiger charge is 2.36. The summed E-state index contributed by atoms with van der Waals surface area (Å²) in [7, 11) is 1.39. The summed E-state index contributed by atoms with van der Waals surface area (Å²) in [6.45, 7) is 0.756. The van der Waals surface area contributed by atoms with Crippen molar-refractivity contribution in [1.82, 2.24) is 5.32 Å². The van der Waals surface area contributed by atoms with Crippen molar-refractivity contribution in [1.29, 1.82) is 0 Å². The van der Waals surface area contributed by atoms with Gasteiger partial charge < -0.3 is 10.1 Å². The first-order valence-electron chi connectivity index (χ1n) is 5.40. The van der Waals surface area contributed by atoms with Gasteiger partial charge >= 0.3 is 5.97 Å². The standard InChI is InChI=1S/C12H13Cl2NO2/c1-17-12(16)7-5-6-15-11(7)10-8(13)3-2-4-9(10)14/h2-4,7,11,15H,5-6H2,1H3/t7-,11+/m1/s1. The Kier molecular flexibility index (Phi) is 3.92. The summed E-state index contributed by atoms with van der Waals surface area (Å²) in [5.41, 5.74) is 0.781. The predicted molar refractivity (Wildman–Crippen MR) is 67.3 cm³/mol. The number of ether oxygens (including phenoxy) is 1. The first-order valence-corrected chi connectivity index (χ1v) is 6.16. The molecule has 1 N–H and O–H groups in total. The van der Waals surface area contributed by atoms with Crippen LogP contribution in [0.2, 0.25) is 10.0 Å². The van der Waals surface area contributed by atoms with Gasteiger partial charge in [0.1, 0.15) is 0 Å². The van der Waals surface area contributed by atoms with Crippen LogP contribution in [0.4, 0.5) is 0 Å². The Hall–Kier alpha value is -0.770. The van der Waals surface area contributed by atoms with E-state index in [1.165, 1.54) is 7.11 Å². The SMILES string of the molecule is COC(=O)[C@@H]1CCN[C@@H]1c1c(Cl)cccc1Cl. The molecule has 1 aliphatic heterocycles. The summed E-state index contributed by atoms with van der Waals surface area (Å²) in [5.74, 6) is -0.451. The van der Waals surface area contributed by atoms with E-state index in [0.717, 1.165) is 18.5 Å². The molecule has 1 aromatic carbocycles. The Bertz CT molecular complexity index is 416. The van der Waals surface area contributed by atoms with E-state index in [1.54, 1.807) is 18.2 Å². The largest absolute Gasteiger partial charge is 0.469 e. The van der Waals surface area contributed by atoms with Gasteiger partial charge in [-0.05, 0) is 25.1 Å². The zero-order chi connectivity index (χ0) is 12.4. The smallest absolute Gasteiger partial charge is 0.310 e. The third kappa shape index (κ3) is 2.41. The lowest BCUT2D eigenvalue weighted by molar-refractivity contribution is -0.145. The molecular weight excluding hydrogens is 261 g/mol. The minimum atomic E-state index is -0.226. The van der Waals surface area contributed by atoms with Crippen LogP contribution < -0.4 is 5.32 Å². The molecule has 0 radical (unpaired) electrons. The first-order chi connectivity index (χ1) is 8.15. The topological polar surface area (TPSA) is 38.3 Å². The molecule has 2 rings (SSSR count). The summed E-state index contributed by atoms with van der Waals surface area (Å²) < 4.78 is 4.80. The second kappa shape index (κ2) is 5.25. The number of hydrogen-bond acceptors (Lipinski definition) is 3. The maximum atomic E-state index is 11.7. The second-order valence-corrected chi connectivity index (χ2v) is 4.80. The van der Waals surface area contributed by atoms with Crippen molar-refractivity contribution in [2.75, 3.05) is 13.7 Å². The molecule has 3 nitrogen and oxygen atoms in total. The summed E-state index contributed by atoms with van der Waals surface area (Å²) >= 11 is 12.3. The highest BCUT2D eigenvalue weighted by Crippen LogP contribution is 2.38. The fourth-order valence-electron chi connectivity index (χ4n) is 2.22. The Morgan fingerprint density at radius 1 is 1.41 bits per heavy atom. The van der Waals surface area contributed by atoms with Gasteiger partial charge in [0.2, 0.25) is 0 Å². The number of halogens is 2. The normalized spacial score (nSPS) is 23.7. The average Bonchev–Trinajstić information content (AvgIpc) is 2.77. The molecule has 0 aromatic heterocycles. The van der Waals surface area contributed by atoms with E-state index in [0.29, 0.717) is 10.0 Å². The van der Waals surface area contributed by atoms with Gasteiger partial charge in [-0.3, -0.25) is 4.79 Å². The van der Waals surface area contributed by atoms with Crippen LogP contribution >= 0.6 is 23.2 Å². The van der Waals surface area contributed by atoms with Crippen LogP contribution in [0.1, 0.15) is 18.0 Å². The van der Waals surface area contributed by atoms with Gasteiger partial charge in [-0.25, -0.2) is 0 Å². The van der Waals surface area contributed by atoms with E-state index in [2.05, 4.69) is 5.32 Å².